The number of para-hydroxylation sites is 1. The first-order valence-electron chi connectivity index (χ1n) is 13.0. The summed E-state index contributed by atoms with van der Waals surface area (Å²) in [4.78, 5) is 44.3. The average Bonchev–Trinajstić information content (AvgIpc) is 3.41. The topological polar surface area (TPSA) is 98.2 Å². The predicted molar refractivity (Wildman–Crippen MR) is 142 cm³/mol. The smallest absolute Gasteiger partial charge is 0.308 e. The van der Waals surface area contributed by atoms with Gasteiger partial charge >= 0.3 is 5.97 Å². The van der Waals surface area contributed by atoms with Crippen LogP contribution >= 0.6 is 11.8 Å². The lowest BCUT2D eigenvalue weighted by atomic mass is 9.66. The number of hydrogen-bond acceptors (Lipinski definition) is 5. The van der Waals surface area contributed by atoms with Crippen LogP contribution in [0.15, 0.2) is 30.9 Å². The van der Waals surface area contributed by atoms with Crippen molar-refractivity contribution in [2.24, 2.45) is 17.8 Å². The zero-order valence-corrected chi connectivity index (χ0v) is 22.3. The van der Waals surface area contributed by atoms with Crippen molar-refractivity contribution in [1.29, 1.82) is 0 Å². The summed E-state index contributed by atoms with van der Waals surface area (Å²) in [5, 5.41) is 19.1. The molecule has 0 saturated carbocycles. The fourth-order valence-electron chi connectivity index (χ4n) is 6.87. The number of fused-ring (bicyclic) bond motifs is 1. The maximum Gasteiger partial charge on any atom is 0.308 e. The number of rotatable bonds is 11. The summed E-state index contributed by atoms with van der Waals surface area (Å²) in [7, 11) is 0. The molecule has 0 radical (unpaired) electrons. The van der Waals surface area contributed by atoms with Gasteiger partial charge in [0.05, 0.1) is 16.6 Å². The van der Waals surface area contributed by atoms with E-state index in [1.165, 1.54) is 0 Å². The van der Waals surface area contributed by atoms with Crippen molar-refractivity contribution in [3.63, 3.8) is 0 Å². The van der Waals surface area contributed by atoms with E-state index in [0.29, 0.717) is 32.4 Å². The van der Waals surface area contributed by atoms with Gasteiger partial charge in [-0.25, -0.2) is 0 Å². The highest BCUT2D eigenvalue weighted by molar-refractivity contribution is 8.02. The van der Waals surface area contributed by atoms with E-state index in [2.05, 4.69) is 13.5 Å². The summed E-state index contributed by atoms with van der Waals surface area (Å²) in [6.45, 7) is 10.8. The molecule has 1 spiro atoms. The number of nitrogens with zero attached hydrogens (tertiary/aromatic N) is 2. The van der Waals surface area contributed by atoms with Gasteiger partial charge in [-0.2, -0.15) is 0 Å². The number of unbranched alkanes of at least 4 members (excludes halogenated alkanes) is 3. The SMILES string of the molecule is C=CCN(C(=O)C1N(CCCCCCO)C(=O)[C@@H]2[C@H](C(=O)O)[C@@H]3CC(C)C12S3)c1c(C)cccc1C. The lowest BCUT2D eigenvalue weighted by molar-refractivity contribution is -0.149. The van der Waals surface area contributed by atoms with Crippen LogP contribution in [0.3, 0.4) is 0 Å². The van der Waals surface area contributed by atoms with E-state index in [-0.39, 0.29) is 29.6 Å². The number of carbonyl (C=O) groups is 3. The summed E-state index contributed by atoms with van der Waals surface area (Å²) in [6.07, 6.45) is 5.51. The second kappa shape index (κ2) is 10.6. The van der Waals surface area contributed by atoms with Crippen LogP contribution < -0.4 is 4.90 Å². The Morgan fingerprint density at radius 2 is 1.89 bits per heavy atom. The molecule has 1 aromatic rings. The number of benzene rings is 1. The van der Waals surface area contributed by atoms with Gasteiger partial charge in [-0.15, -0.1) is 18.3 Å². The van der Waals surface area contributed by atoms with E-state index in [1.54, 1.807) is 27.6 Å². The van der Waals surface area contributed by atoms with Crippen LogP contribution in [0.25, 0.3) is 0 Å². The third-order valence-corrected chi connectivity index (χ3v) is 10.4. The van der Waals surface area contributed by atoms with Crippen molar-refractivity contribution in [3.8, 4) is 0 Å². The minimum atomic E-state index is -0.937. The highest BCUT2D eigenvalue weighted by atomic mass is 32.2. The van der Waals surface area contributed by atoms with Crippen LogP contribution in [0.2, 0.25) is 0 Å². The molecule has 0 aliphatic carbocycles. The summed E-state index contributed by atoms with van der Waals surface area (Å²) in [5.74, 6) is -2.68. The van der Waals surface area contributed by atoms with Gasteiger partial charge in [0, 0.05) is 30.6 Å². The van der Waals surface area contributed by atoms with E-state index in [0.717, 1.165) is 29.7 Å². The van der Waals surface area contributed by atoms with Gasteiger partial charge in [0.25, 0.3) is 5.91 Å². The van der Waals surface area contributed by atoms with Crippen LogP contribution in [-0.2, 0) is 14.4 Å². The molecular formula is C28H38N2O5S. The molecule has 3 fully saturated rings. The Balaban J connectivity index is 1.77. The quantitative estimate of drug-likeness (QED) is 0.344. The number of hydrogen-bond donors (Lipinski definition) is 2. The monoisotopic (exact) mass is 514 g/mol. The Kier molecular flexibility index (Phi) is 7.86. The molecule has 7 nitrogen and oxygen atoms in total. The summed E-state index contributed by atoms with van der Waals surface area (Å²) >= 11 is 1.57. The summed E-state index contributed by atoms with van der Waals surface area (Å²) < 4.78 is -0.747. The van der Waals surface area contributed by atoms with Gasteiger partial charge in [-0.3, -0.25) is 14.4 Å². The number of amides is 2. The molecule has 8 heteroatoms. The van der Waals surface area contributed by atoms with E-state index in [4.69, 9.17) is 5.11 Å². The number of aryl methyl sites for hydroxylation is 2. The zero-order chi connectivity index (χ0) is 26.2. The molecule has 3 saturated heterocycles. The van der Waals surface area contributed by atoms with Gasteiger partial charge in [0.15, 0.2) is 0 Å². The van der Waals surface area contributed by atoms with Gasteiger partial charge in [-0.1, -0.05) is 44.0 Å². The predicted octanol–water partition coefficient (Wildman–Crippen LogP) is 3.80. The van der Waals surface area contributed by atoms with E-state index >= 15 is 0 Å². The molecule has 4 rings (SSSR count). The first-order valence-corrected chi connectivity index (χ1v) is 13.9. The van der Waals surface area contributed by atoms with Crippen LogP contribution in [0, 0.1) is 31.6 Å². The number of anilines is 1. The number of carboxylic acids is 1. The second-order valence-electron chi connectivity index (χ2n) is 10.5. The van der Waals surface area contributed by atoms with E-state index < -0.39 is 28.6 Å². The Morgan fingerprint density at radius 3 is 2.50 bits per heavy atom. The van der Waals surface area contributed by atoms with Crippen molar-refractivity contribution in [1.82, 2.24) is 4.90 Å². The standard InChI is InChI=1S/C28H38N2O5S/c1-5-13-29(23-17(2)11-10-12-18(23)3)26(33)24-28-19(4)16-20(36-28)21(27(34)35)22(28)25(32)30(24)14-8-6-7-9-15-31/h5,10-12,19-22,24,31H,1,6-9,13-16H2,2-4H3,(H,34,35)/t19?,20-,21+,22-,24?,28?/m0/s1. The van der Waals surface area contributed by atoms with Crippen molar-refractivity contribution >= 4 is 35.2 Å². The van der Waals surface area contributed by atoms with Crippen LogP contribution in [0.1, 0.15) is 50.2 Å². The highest BCUT2D eigenvalue weighted by Crippen LogP contribution is 2.68. The highest BCUT2D eigenvalue weighted by Gasteiger charge is 2.76. The Bertz CT molecular complexity index is 1020. The molecule has 196 valence electrons. The third kappa shape index (κ3) is 4.16. The van der Waals surface area contributed by atoms with Crippen LogP contribution in [-0.4, -0.2) is 68.6 Å². The first kappa shape index (κ1) is 26.7. The fraction of sp³-hybridized carbons (Fsp3) is 0.607. The normalized spacial score (nSPS) is 30.5. The molecule has 0 aromatic heterocycles. The number of likely N-dealkylation sites (tertiary alicyclic amines) is 1. The Hall–Kier alpha value is -2.32. The lowest BCUT2D eigenvalue weighted by Crippen LogP contribution is -2.57. The van der Waals surface area contributed by atoms with Gasteiger partial charge in [0.1, 0.15) is 6.04 Å². The first-order chi connectivity index (χ1) is 17.2. The number of aliphatic carboxylic acids is 1. The molecule has 3 unspecified atom stereocenters. The number of aliphatic hydroxyl groups excluding tert-OH is 1. The minimum Gasteiger partial charge on any atom is -0.481 e. The molecule has 2 bridgehead atoms. The van der Waals surface area contributed by atoms with Crippen LogP contribution in [0.4, 0.5) is 5.69 Å². The maximum atomic E-state index is 14.6. The number of carboxylic acid groups (broad SMARTS) is 1. The minimum absolute atomic E-state index is 0.0499. The maximum absolute atomic E-state index is 14.6. The van der Waals surface area contributed by atoms with E-state index in [1.807, 2.05) is 32.0 Å². The summed E-state index contributed by atoms with van der Waals surface area (Å²) in [6, 6.07) is 5.20. The Morgan fingerprint density at radius 1 is 1.22 bits per heavy atom. The average molecular weight is 515 g/mol. The largest absolute Gasteiger partial charge is 0.481 e. The molecule has 6 atom stereocenters. The number of carbonyl (C=O) groups excluding carboxylic acids is 2. The van der Waals surface area contributed by atoms with Gasteiger partial charge in [0.2, 0.25) is 5.91 Å². The van der Waals surface area contributed by atoms with Crippen molar-refractivity contribution < 1.29 is 24.6 Å². The van der Waals surface area contributed by atoms with Crippen LogP contribution in [0.5, 0.6) is 0 Å². The molecule has 1 aromatic carbocycles. The molecule has 36 heavy (non-hydrogen) atoms. The van der Waals surface area contributed by atoms with Crippen molar-refractivity contribution in [2.75, 3.05) is 24.6 Å². The van der Waals surface area contributed by atoms with Gasteiger partial charge in [-0.05, 0) is 50.2 Å². The molecule has 2 N–H and O–H groups in total. The van der Waals surface area contributed by atoms with Crippen molar-refractivity contribution in [2.45, 2.75) is 68.9 Å². The molecule has 2 amide bonds. The number of thioether (sulfide) groups is 1. The van der Waals surface area contributed by atoms with Gasteiger partial charge < -0.3 is 20.0 Å². The fourth-order valence-corrected chi connectivity index (χ4v) is 9.28. The summed E-state index contributed by atoms with van der Waals surface area (Å²) in [5.41, 5.74) is 2.77. The molecular weight excluding hydrogens is 476 g/mol. The second-order valence-corrected chi connectivity index (χ2v) is 12.1. The molecule has 3 aliphatic heterocycles. The number of aliphatic hydroxyl groups is 1. The third-order valence-electron chi connectivity index (χ3n) is 8.36. The molecule has 3 heterocycles. The zero-order valence-electron chi connectivity index (χ0n) is 21.5. The van der Waals surface area contributed by atoms with Crippen molar-refractivity contribution in [3.05, 3.63) is 42.0 Å². The lowest BCUT2D eigenvalue weighted by Gasteiger charge is -2.40. The molecule has 3 aliphatic rings. The van der Waals surface area contributed by atoms with E-state index in [9.17, 15) is 19.5 Å². The Labute approximate surface area is 217 Å².